The van der Waals surface area contributed by atoms with E-state index in [4.69, 9.17) is 14.8 Å². The van der Waals surface area contributed by atoms with Crippen molar-refractivity contribution in [3.05, 3.63) is 82.1 Å². The number of amides is 1. The van der Waals surface area contributed by atoms with Crippen molar-refractivity contribution in [1.29, 1.82) is 0 Å². The minimum Gasteiger partial charge on any atom is -0.491 e. The first-order valence-corrected chi connectivity index (χ1v) is 10.6. The molecule has 168 valence electrons. The minimum atomic E-state index is -0.182. The Balaban J connectivity index is 1.93. The van der Waals surface area contributed by atoms with Crippen LogP contribution in [0, 0.1) is 13.8 Å². The molecule has 0 aliphatic rings. The Kier molecular flexibility index (Phi) is 6.24. The third-order valence-corrected chi connectivity index (χ3v) is 5.28. The number of nitrogens with zero attached hydrogens (tertiary/aromatic N) is 2. The zero-order chi connectivity index (χ0) is 23.5. The van der Waals surface area contributed by atoms with E-state index in [1.807, 2.05) is 44.2 Å². The quantitative estimate of drug-likeness (QED) is 0.470. The average Bonchev–Trinajstić information content (AvgIpc) is 2.79. The summed E-state index contributed by atoms with van der Waals surface area (Å²) in [5, 5.41) is 12.4. The Hall–Kier alpha value is -3.97. The van der Waals surface area contributed by atoms with E-state index in [2.05, 4.69) is 5.32 Å². The van der Waals surface area contributed by atoms with E-state index in [1.54, 1.807) is 34.9 Å². The number of hydrogen-bond acceptors (Lipinski definition) is 5. The summed E-state index contributed by atoms with van der Waals surface area (Å²) < 4.78 is 7.27. The Morgan fingerprint density at radius 1 is 1.06 bits per heavy atom. The zero-order valence-electron chi connectivity index (χ0n) is 18.8. The summed E-state index contributed by atoms with van der Waals surface area (Å²) in [6.07, 6.45) is 0. The number of benzene rings is 3. The molecule has 0 saturated heterocycles. The molecule has 0 spiro atoms. The third-order valence-electron chi connectivity index (χ3n) is 5.28. The van der Waals surface area contributed by atoms with Crippen LogP contribution in [0.15, 0.2) is 65.5 Å². The lowest BCUT2D eigenvalue weighted by molar-refractivity contribution is -0.114. The Labute approximate surface area is 191 Å². The molecule has 0 fully saturated rings. The van der Waals surface area contributed by atoms with Crippen LogP contribution in [0.2, 0.25) is 0 Å². The van der Waals surface area contributed by atoms with Crippen molar-refractivity contribution < 1.29 is 14.6 Å². The number of ether oxygens (including phenoxy) is 1. The van der Waals surface area contributed by atoms with Gasteiger partial charge in [0, 0.05) is 18.2 Å². The second kappa shape index (κ2) is 9.26. The fourth-order valence-corrected chi connectivity index (χ4v) is 3.92. The zero-order valence-corrected chi connectivity index (χ0v) is 18.8. The van der Waals surface area contributed by atoms with Gasteiger partial charge in [0.1, 0.15) is 18.2 Å². The molecule has 4 rings (SSSR count). The van der Waals surface area contributed by atoms with Crippen molar-refractivity contribution in [1.82, 2.24) is 9.55 Å². The third kappa shape index (κ3) is 4.49. The fraction of sp³-hybridized carbons (Fsp3) is 0.192. The predicted molar refractivity (Wildman–Crippen MR) is 129 cm³/mol. The van der Waals surface area contributed by atoms with Crippen molar-refractivity contribution in [2.24, 2.45) is 0 Å². The summed E-state index contributed by atoms with van der Waals surface area (Å²) in [5.74, 6) is 1.05. The number of aliphatic hydroxyl groups excluding tert-OH is 1. The van der Waals surface area contributed by atoms with Crippen LogP contribution in [-0.2, 0) is 4.79 Å². The van der Waals surface area contributed by atoms with Crippen molar-refractivity contribution in [2.45, 2.75) is 20.8 Å². The molecule has 0 aliphatic carbocycles. The molecule has 7 nitrogen and oxygen atoms in total. The summed E-state index contributed by atoms with van der Waals surface area (Å²) in [5.41, 5.74) is 4.25. The highest BCUT2D eigenvalue weighted by atomic mass is 16.5. The SMILES string of the molecule is CC(=O)Nc1ccc(-n2c(-c3cc(C)c(OCCO)c(C)c3)nc3ccccc3c2=O)cc1. The molecule has 0 unspecified atom stereocenters. The summed E-state index contributed by atoms with van der Waals surface area (Å²) in [6.45, 7) is 5.44. The van der Waals surface area contributed by atoms with Crippen molar-refractivity contribution in [3.8, 4) is 22.8 Å². The van der Waals surface area contributed by atoms with Gasteiger partial charge < -0.3 is 15.2 Å². The van der Waals surface area contributed by atoms with E-state index >= 15 is 0 Å². The van der Waals surface area contributed by atoms with Crippen molar-refractivity contribution >= 4 is 22.5 Å². The maximum atomic E-state index is 13.6. The van der Waals surface area contributed by atoms with E-state index in [-0.39, 0.29) is 24.7 Å². The van der Waals surface area contributed by atoms with Crippen molar-refractivity contribution in [2.75, 3.05) is 18.5 Å². The molecule has 1 heterocycles. The number of aliphatic hydroxyl groups is 1. The van der Waals surface area contributed by atoms with E-state index in [0.29, 0.717) is 33.9 Å². The number of aryl methyl sites for hydroxylation is 2. The van der Waals surface area contributed by atoms with Gasteiger partial charge in [-0.2, -0.15) is 0 Å². The molecule has 0 bridgehead atoms. The van der Waals surface area contributed by atoms with Crippen LogP contribution in [0.4, 0.5) is 5.69 Å². The molecule has 0 radical (unpaired) electrons. The first-order chi connectivity index (χ1) is 15.9. The van der Waals surface area contributed by atoms with Crippen LogP contribution in [0.3, 0.4) is 0 Å². The lowest BCUT2D eigenvalue weighted by Crippen LogP contribution is -2.22. The molecule has 2 N–H and O–H groups in total. The highest BCUT2D eigenvalue weighted by Gasteiger charge is 2.17. The molecule has 33 heavy (non-hydrogen) atoms. The van der Waals surface area contributed by atoms with Crippen LogP contribution in [-0.4, -0.2) is 33.8 Å². The molecule has 1 amide bonds. The van der Waals surface area contributed by atoms with Gasteiger partial charge in [0.15, 0.2) is 0 Å². The van der Waals surface area contributed by atoms with E-state index in [0.717, 1.165) is 16.7 Å². The Bertz CT molecular complexity index is 1370. The first kappa shape index (κ1) is 22.2. The van der Waals surface area contributed by atoms with Crippen LogP contribution in [0.5, 0.6) is 5.75 Å². The number of fused-ring (bicyclic) bond motifs is 1. The topological polar surface area (TPSA) is 93.5 Å². The molecule has 0 saturated carbocycles. The smallest absolute Gasteiger partial charge is 0.266 e. The van der Waals surface area contributed by atoms with E-state index < -0.39 is 0 Å². The molecule has 4 aromatic rings. The summed E-state index contributed by atoms with van der Waals surface area (Å²) >= 11 is 0. The highest BCUT2D eigenvalue weighted by molar-refractivity contribution is 5.88. The maximum absolute atomic E-state index is 13.6. The number of aromatic nitrogens is 2. The van der Waals surface area contributed by atoms with Crippen LogP contribution < -0.4 is 15.6 Å². The summed E-state index contributed by atoms with van der Waals surface area (Å²) in [7, 11) is 0. The number of anilines is 1. The lowest BCUT2D eigenvalue weighted by atomic mass is 10.0. The normalized spacial score (nSPS) is 10.9. The van der Waals surface area contributed by atoms with Crippen LogP contribution >= 0.6 is 0 Å². The molecular weight excluding hydrogens is 418 g/mol. The van der Waals surface area contributed by atoms with Gasteiger partial charge in [-0.3, -0.25) is 14.2 Å². The lowest BCUT2D eigenvalue weighted by Gasteiger charge is -2.17. The fourth-order valence-electron chi connectivity index (χ4n) is 3.92. The highest BCUT2D eigenvalue weighted by Crippen LogP contribution is 2.31. The van der Waals surface area contributed by atoms with E-state index in [9.17, 15) is 9.59 Å². The number of carbonyl (C=O) groups excluding carboxylic acids is 1. The van der Waals surface area contributed by atoms with Crippen LogP contribution in [0.25, 0.3) is 28.0 Å². The second-order valence-electron chi connectivity index (χ2n) is 7.83. The van der Waals surface area contributed by atoms with Crippen LogP contribution in [0.1, 0.15) is 18.1 Å². The first-order valence-electron chi connectivity index (χ1n) is 10.6. The summed E-state index contributed by atoms with van der Waals surface area (Å²) in [4.78, 5) is 29.8. The minimum absolute atomic E-state index is 0.0686. The van der Waals surface area contributed by atoms with Gasteiger partial charge in [0.2, 0.25) is 5.91 Å². The number of hydrogen-bond donors (Lipinski definition) is 2. The van der Waals surface area contributed by atoms with Gasteiger partial charge in [-0.25, -0.2) is 4.98 Å². The number of para-hydroxylation sites is 1. The number of rotatable bonds is 6. The maximum Gasteiger partial charge on any atom is 0.266 e. The van der Waals surface area contributed by atoms with Gasteiger partial charge in [0.25, 0.3) is 5.56 Å². The monoisotopic (exact) mass is 443 g/mol. The average molecular weight is 444 g/mol. The Morgan fingerprint density at radius 2 is 1.73 bits per heavy atom. The number of nitrogens with one attached hydrogen (secondary N) is 1. The molecular formula is C26H25N3O4. The standard InChI is InChI=1S/C26H25N3O4/c1-16-14-19(15-17(2)24(16)33-13-12-30)25-28-23-7-5-4-6-22(23)26(32)29(25)21-10-8-20(9-11-21)27-18(3)31/h4-11,14-15,30H,12-13H2,1-3H3,(H,27,31). The van der Waals surface area contributed by atoms with Gasteiger partial charge in [-0.05, 0) is 73.5 Å². The molecule has 3 aromatic carbocycles. The number of carbonyl (C=O) groups is 1. The molecule has 1 aromatic heterocycles. The molecule has 0 aliphatic heterocycles. The predicted octanol–water partition coefficient (Wildman–Crippen LogP) is 4.00. The largest absolute Gasteiger partial charge is 0.491 e. The molecule has 0 atom stereocenters. The van der Waals surface area contributed by atoms with E-state index in [1.165, 1.54) is 6.92 Å². The second-order valence-corrected chi connectivity index (χ2v) is 7.83. The Morgan fingerprint density at radius 3 is 2.36 bits per heavy atom. The van der Waals surface area contributed by atoms with Gasteiger partial charge in [-0.1, -0.05) is 12.1 Å². The van der Waals surface area contributed by atoms with Gasteiger partial charge >= 0.3 is 0 Å². The van der Waals surface area contributed by atoms with Gasteiger partial charge in [-0.15, -0.1) is 0 Å². The van der Waals surface area contributed by atoms with Gasteiger partial charge in [0.05, 0.1) is 23.2 Å². The summed E-state index contributed by atoms with van der Waals surface area (Å²) in [6, 6.07) is 18.2. The molecule has 7 heteroatoms. The van der Waals surface area contributed by atoms with Crippen molar-refractivity contribution in [3.63, 3.8) is 0 Å².